The molecule has 1 saturated heterocycles. The van der Waals surface area contributed by atoms with E-state index in [1.165, 1.54) is 5.56 Å². The van der Waals surface area contributed by atoms with E-state index in [4.69, 9.17) is 16.3 Å². The Morgan fingerprint density at radius 3 is 3.00 bits per heavy atom. The Balaban J connectivity index is 2.13. The van der Waals surface area contributed by atoms with Crippen molar-refractivity contribution in [2.24, 2.45) is 0 Å². The van der Waals surface area contributed by atoms with E-state index >= 15 is 0 Å². The van der Waals surface area contributed by atoms with Crippen molar-refractivity contribution >= 4 is 17.3 Å². The molecule has 3 nitrogen and oxygen atoms in total. The van der Waals surface area contributed by atoms with E-state index in [0.717, 1.165) is 43.6 Å². The van der Waals surface area contributed by atoms with E-state index in [1.54, 1.807) is 0 Å². The maximum atomic E-state index is 6.40. The van der Waals surface area contributed by atoms with E-state index in [9.17, 15) is 0 Å². The smallest absolute Gasteiger partial charge is 0.0668 e. The lowest BCUT2D eigenvalue weighted by atomic mass is 10.1. The maximum absolute atomic E-state index is 6.40. The first kappa shape index (κ1) is 13.7. The largest absolute Gasteiger partial charge is 0.377 e. The Labute approximate surface area is 114 Å². The maximum Gasteiger partial charge on any atom is 0.0668 e. The lowest BCUT2D eigenvalue weighted by Gasteiger charge is -2.35. The highest BCUT2D eigenvalue weighted by Gasteiger charge is 2.20. The predicted octanol–water partition coefficient (Wildman–Crippen LogP) is 2.67. The van der Waals surface area contributed by atoms with Gasteiger partial charge in [0.25, 0.3) is 0 Å². The van der Waals surface area contributed by atoms with E-state index in [2.05, 4.69) is 42.3 Å². The zero-order valence-electron chi connectivity index (χ0n) is 11.1. The topological polar surface area (TPSA) is 24.5 Å². The van der Waals surface area contributed by atoms with Crippen molar-refractivity contribution in [3.05, 3.63) is 28.8 Å². The van der Waals surface area contributed by atoms with Crippen molar-refractivity contribution in [2.75, 3.05) is 31.2 Å². The summed E-state index contributed by atoms with van der Waals surface area (Å²) >= 11 is 6.40. The third kappa shape index (κ3) is 3.16. The molecular formula is C14H21ClN2O. The molecule has 0 saturated carbocycles. The lowest BCUT2D eigenvalue weighted by molar-refractivity contribution is 0.0989. The first-order valence-corrected chi connectivity index (χ1v) is 6.93. The molecule has 18 heavy (non-hydrogen) atoms. The number of rotatable bonds is 4. The van der Waals surface area contributed by atoms with Crippen LogP contribution >= 0.6 is 11.6 Å². The second-order valence-electron chi connectivity index (χ2n) is 4.68. The van der Waals surface area contributed by atoms with Gasteiger partial charge in [0.05, 0.1) is 23.9 Å². The highest BCUT2D eigenvalue weighted by Crippen LogP contribution is 2.29. The van der Waals surface area contributed by atoms with Gasteiger partial charge in [-0.2, -0.15) is 0 Å². The Morgan fingerprint density at radius 1 is 1.50 bits per heavy atom. The highest BCUT2D eigenvalue weighted by atomic mass is 35.5. The van der Waals surface area contributed by atoms with Crippen LogP contribution in [-0.2, 0) is 11.3 Å². The molecule has 1 atom stereocenters. The van der Waals surface area contributed by atoms with Crippen LogP contribution in [0.5, 0.6) is 0 Å². The van der Waals surface area contributed by atoms with Gasteiger partial charge >= 0.3 is 0 Å². The minimum atomic E-state index is 0.385. The normalized spacial score (nSPS) is 20.2. The zero-order chi connectivity index (χ0) is 13.0. The molecule has 4 heteroatoms. The molecule has 0 radical (unpaired) electrons. The van der Waals surface area contributed by atoms with Crippen LogP contribution in [0.1, 0.15) is 19.4 Å². The van der Waals surface area contributed by atoms with Crippen molar-refractivity contribution in [1.82, 2.24) is 5.32 Å². The molecule has 1 aliphatic heterocycles. The minimum absolute atomic E-state index is 0.385. The van der Waals surface area contributed by atoms with Gasteiger partial charge in [-0.1, -0.05) is 24.6 Å². The van der Waals surface area contributed by atoms with E-state index in [0.29, 0.717) is 6.04 Å². The molecule has 2 rings (SSSR count). The Hall–Kier alpha value is -0.770. The molecular weight excluding hydrogens is 248 g/mol. The van der Waals surface area contributed by atoms with Gasteiger partial charge in [-0.25, -0.2) is 0 Å². The molecule has 1 aromatic rings. The average Bonchev–Trinajstić information content (AvgIpc) is 2.38. The van der Waals surface area contributed by atoms with Gasteiger partial charge in [-0.3, -0.25) is 0 Å². The molecule has 100 valence electrons. The number of nitrogens with one attached hydrogen (secondary N) is 1. The van der Waals surface area contributed by atoms with Gasteiger partial charge in [0, 0.05) is 19.1 Å². The van der Waals surface area contributed by atoms with Gasteiger partial charge in [-0.05, 0) is 31.2 Å². The van der Waals surface area contributed by atoms with Crippen molar-refractivity contribution in [2.45, 2.75) is 26.4 Å². The minimum Gasteiger partial charge on any atom is -0.377 e. The van der Waals surface area contributed by atoms with Gasteiger partial charge in [0.1, 0.15) is 0 Å². The average molecular weight is 269 g/mol. The summed E-state index contributed by atoms with van der Waals surface area (Å²) in [7, 11) is 0. The first-order valence-electron chi connectivity index (χ1n) is 6.56. The van der Waals surface area contributed by atoms with E-state index in [-0.39, 0.29) is 0 Å². The number of morpholine rings is 1. The summed E-state index contributed by atoms with van der Waals surface area (Å²) in [6, 6.07) is 6.71. The first-order chi connectivity index (χ1) is 8.72. The lowest BCUT2D eigenvalue weighted by Crippen LogP contribution is -2.43. The van der Waals surface area contributed by atoms with Crippen LogP contribution in [0.25, 0.3) is 0 Å². The zero-order valence-corrected chi connectivity index (χ0v) is 11.8. The summed E-state index contributed by atoms with van der Waals surface area (Å²) in [5.41, 5.74) is 2.35. The summed E-state index contributed by atoms with van der Waals surface area (Å²) in [6.07, 6.45) is 0. The fourth-order valence-electron chi connectivity index (χ4n) is 2.25. The number of anilines is 1. The van der Waals surface area contributed by atoms with Gasteiger partial charge in [-0.15, -0.1) is 0 Å². The molecule has 1 unspecified atom stereocenters. The predicted molar refractivity (Wildman–Crippen MR) is 76.5 cm³/mol. The molecule has 0 spiro atoms. The number of hydrogen-bond acceptors (Lipinski definition) is 3. The van der Waals surface area contributed by atoms with Crippen LogP contribution in [0.4, 0.5) is 5.69 Å². The van der Waals surface area contributed by atoms with Gasteiger partial charge < -0.3 is 15.0 Å². The number of nitrogens with zero attached hydrogens (tertiary/aromatic N) is 1. The molecule has 0 amide bonds. The van der Waals surface area contributed by atoms with E-state index < -0.39 is 0 Å². The number of halogens is 1. The Morgan fingerprint density at radius 2 is 2.33 bits per heavy atom. The van der Waals surface area contributed by atoms with Crippen LogP contribution in [0, 0.1) is 0 Å². The molecule has 1 N–H and O–H groups in total. The summed E-state index contributed by atoms with van der Waals surface area (Å²) in [5, 5.41) is 4.14. The Kier molecular flexibility index (Phi) is 4.87. The number of benzene rings is 1. The molecule has 1 aromatic carbocycles. The summed E-state index contributed by atoms with van der Waals surface area (Å²) < 4.78 is 5.46. The molecule has 1 heterocycles. The molecule has 0 bridgehead atoms. The molecule has 0 aromatic heterocycles. The van der Waals surface area contributed by atoms with Crippen molar-refractivity contribution in [1.29, 1.82) is 0 Å². The molecule has 1 aliphatic rings. The second kappa shape index (κ2) is 6.41. The van der Waals surface area contributed by atoms with Crippen molar-refractivity contribution < 1.29 is 4.74 Å². The second-order valence-corrected chi connectivity index (χ2v) is 5.09. The van der Waals surface area contributed by atoms with Crippen LogP contribution in [-0.4, -0.2) is 32.3 Å². The third-order valence-corrected chi connectivity index (χ3v) is 3.57. The SMILES string of the molecule is CCNCc1ccc(N2CCOCC2C)c(Cl)c1. The quantitative estimate of drug-likeness (QED) is 0.909. The van der Waals surface area contributed by atoms with E-state index in [1.807, 2.05) is 0 Å². The van der Waals surface area contributed by atoms with Gasteiger partial charge in [0.2, 0.25) is 0 Å². The van der Waals surface area contributed by atoms with Crippen LogP contribution in [0.15, 0.2) is 18.2 Å². The third-order valence-electron chi connectivity index (χ3n) is 3.27. The fraction of sp³-hybridized carbons (Fsp3) is 0.571. The van der Waals surface area contributed by atoms with Crippen molar-refractivity contribution in [3.63, 3.8) is 0 Å². The van der Waals surface area contributed by atoms with Crippen LogP contribution < -0.4 is 10.2 Å². The van der Waals surface area contributed by atoms with Crippen molar-refractivity contribution in [3.8, 4) is 0 Å². The highest BCUT2D eigenvalue weighted by molar-refractivity contribution is 6.33. The molecule has 0 aliphatic carbocycles. The summed E-state index contributed by atoms with van der Waals surface area (Å²) in [4.78, 5) is 2.32. The van der Waals surface area contributed by atoms with Gasteiger partial charge in [0.15, 0.2) is 0 Å². The summed E-state index contributed by atoms with van der Waals surface area (Å²) in [6.45, 7) is 8.57. The van der Waals surface area contributed by atoms with Crippen LogP contribution in [0.3, 0.4) is 0 Å². The standard InChI is InChI=1S/C14H21ClN2O/c1-3-16-9-12-4-5-14(13(15)8-12)17-6-7-18-10-11(17)2/h4-5,8,11,16H,3,6-7,9-10H2,1-2H3. The Bertz CT molecular complexity index is 397. The fourth-order valence-corrected chi connectivity index (χ4v) is 2.56. The number of ether oxygens (including phenoxy) is 1. The summed E-state index contributed by atoms with van der Waals surface area (Å²) in [5.74, 6) is 0. The van der Waals surface area contributed by atoms with Crippen LogP contribution in [0.2, 0.25) is 5.02 Å². The molecule has 1 fully saturated rings. The monoisotopic (exact) mass is 268 g/mol. The number of hydrogen-bond donors (Lipinski definition) is 1.